The molecule has 0 bridgehead atoms. The van der Waals surface area contributed by atoms with Gasteiger partial charge in [0.05, 0.1) is 0 Å². The van der Waals surface area contributed by atoms with Crippen molar-refractivity contribution in [2.24, 2.45) is 5.92 Å². The number of hydrogen-bond acceptors (Lipinski definition) is 2. The maximum absolute atomic E-state index is 10.7. The molecule has 0 saturated heterocycles. The van der Waals surface area contributed by atoms with Gasteiger partial charge in [-0.25, -0.2) is 0 Å². The van der Waals surface area contributed by atoms with E-state index in [2.05, 4.69) is 25.8 Å². The predicted molar refractivity (Wildman–Crippen MR) is 52.3 cm³/mol. The normalized spacial score (nSPS) is 11.2. The summed E-state index contributed by atoms with van der Waals surface area (Å²) in [7, 11) is 2.07. The van der Waals surface area contributed by atoms with Crippen LogP contribution in [-0.2, 0) is 4.79 Å². The van der Waals surface area contributed by atoms with Crippen LogP contribution in [0.25, 0.3) is 0 Å². The van der Waals surface area contributed by atoms with E-state index in [1.54, 1.807) is 6.92 Å². The van der Waals surface area contributed by atoms with Crippen LogP contribution in [0.2, 0.25) is 0 Å². The Morgan fingerprint density at radius 1 is 1.33 bits per heavy atom. The molecule has 0 heterocycles. The lowest BCUT2D eigenvalue weighted by molar-refractivity contribution is -0.117. The molecule has 0 radical (unpaired) electrons. The largest absolute Gasteiger partial charge is 0.306 e. The summed E-state index contributed by atoms with van der Waals surface area (Å²) in [5.74, 6) is 1.04. The summed E-state index contributed by atoms with van der Waals surface area (Å²) >= 11 is 0. The van der Waals surface area contributed by atoms with Crippen LogP contribution < -0.4 is 0 Å². The van der Waals surface area contributed by atoms with Crippen molar-refractivity contribution >= 4 is 5.78 Å². The fraction of sp³-hybridized carbons (Fsp3) is 0.900. The Kier molecular flexibility index (Phi) is 5.99. The highest BCUT2D eigenvalue weighted by Gasteiger charge is 2.01. The molecule has 2 nitrogen and oxygen atoms in total. The van der Waals surface area contributed by atoms with E-state index in [1.165, 1.54) is 6.42 Å². The van der Waals surface area contributed by atoms with Gasteiger partial charge < -0.3 is 4.90 Å². The minimum absolute atomic E-state index is 0.284. The fourth-order valence-electron chi connectivity index (χ4n) is 0.939. The van der Waals surface area contributed by atoms with E-state index in [4.69, 9.17) is 0 Å². The van der Waals surface area contributed by atoms with E-state index < -0.39 is 0 Å². The molecule has 2 heteroatoms. The fourth-order valence-corrected chi connectivity index (χ4v) is 0.939. The third-order valence-electron chi connectivity index (χ3n) is 1.93. The van der Waals surface area contributed by atoms with Gasteiger partial charge in [0.1, 0.15) is 5.78 Å². The molecule has 72 valence electrons. The van der Waals surface area contributed by atoms with Crippen molar-refractivity contribution in [3.8, 4) is 0 Å². The highest BCUT2D eigenvalue weighted by molar-refractivity contribution is 5.75. The van der Waals surface area contributed by atoms with Crippen molar-refractivity contribution in [1.29, 1.82) is 0 Å². The van der Waals surface area contributed by atoms with E-state index in [0.29, 0.717) is 6.42 Å². The van der Waals surface area contributed by atoms with Gasteiger partial charge in [0, 0.05) is 13.0 Å². The van der Waals surface area contributed by atoms with Gasteiger partial charge in [-0.3, -0.25) is 4.79 Å². The van der Waals surface area contributed by atoms with Crippen LogP contribution in [0.3, 0.4) is 0 Å². The van der Waals surface area contributed by atoms with Gasteiger partial charge in [-0.05, 0) is 32.9 Å². The molecule has 12 heavy (non-hydrogen) atoms. The van der Waals surface area contributed by atoms with Gasteiger partial charge in [0.25, 0.3) is 0 Å². The van der Waals surface area contributed by atoms with Crippen molar-refractivity contribution in [3.63, 3.8) is 0 Å². The SMILES string of the molecule is CC(=O)CCN(C)CCC(C)C. The number of rotatable bonds is 6. The van der Waals surface area contributed by atoms with Crippen LogP contribution in [0.5, 0.6) is 0 Å². The molecular formula is C10H21NO. The van der Waals surface area contributed by atoms with Gasteiger partial charge in [-0.1, -0.05) is 13.8 Å². The number of ketones is 1. The number of hydrogen-bond donors (Lipinski definition) is 0. The summed E-state index contributed by atoms with van der Waals surface area (Å²) in [6, 6.07) is 0. The highest BCUT2D eigenvalue weighted by atomic mass is 16.1. The maximum atomic E-state index is 10.7. The van der Waals surface area contributed by atoms with Crippen molar-refractivity contribution in [1.82, 2.24) is 4.90 Å². The second kappa shape index (κ2) is 6.18. The molecule has 0 aliphatic rings. The topological polar surface area (TPSA) is 20.3 Å². The summed E-state index contributed by atoms with van der Waals surface area (Å²) in [5.41, 5.74) is 0. The zero-order valence-corrected chi connectivity index (χ0v) is 8.76. The first-order valence-electron chi connectivity index (χ1n) is 4.70. The van der Waals surface area contributed by atoms with Crippen molar-refractivity contribution in [3.05, 3.63) is 0 Å². The van der Waals surface area contributed by atoms with E-state index in [0.717, 1.165) is 19.0 Å². The Morgan fingerprint density at radius 2 is 1.92 bits per heavy atom. The van der Waals surface area contributed by atoms with Crippen LogP contribution in [0.15, 0.2) is 0 Å². The second-order valence-corrected chi connectivity index (χ2v) is 3.94. The number of carbonyl (C=O) groups is 1. The van der Waals surface area contributed by atoms with Gasteiger partial charge in [0.2, 0.25) is 0 Å². The van der Waals surface area contributed by atoms with Crippen LogP contribution in [-0.4, -0.2) is 30.8 Å². The minimum atomic E-state index is 0.284. The van der Waals surface area contributed by atoms with E-state index in [-0.39, 0.29) is 5.78 Å². The molecule has 0 atom stereocenters. The zero-order chi connectivity index (χ0) is 9.56. The Morgan fingerprint density at radius 3 is 2.33 bits per heavy atom. The van der Waals surface area contributed by atoms with Gasteiger partial charge in [-0.2, -0.15) is 0 Å². The molecule has 0 aromatic heterocycles. The van der Waals surface area contributed by atoms with Crippen molar-refractivity contribution < 1.29 is 4.79 Å². The predicted octanol–water partition coefficient (Wildman–Crippen LogP) is 1.94. The molecule has 0 aliphatic carbocycles. The van der Waals surface area contributed by atoms with E-state index in [9.17, 15) is 4.79 Å². The van der Waals surface area contributed by atoms with Gasteiger partial charge in [-0.15, -0.1) is 0 Å². The molecule has 0 saturated carbocycles. The lowest BCUT2D eigenvalue weighted by Gasteiger charge is -2.16. The molecule has 0 amide bonds. The smallest absolute Gasteiger partial charge is 0.131 e. The molecule has 0 N–H and O–H groups in total. The summed E-state index contributed by atoms with van der Waals surface area (Å²) in [6.07, 6.45) is 1.91. The Bertz CT molecular complexity index is 132. The van der Waals surface area contributed by atoms with E-state index >= 15 is 0 Å². The van der Waals surface area contributed by atoms with Crippen LogP contribution >= 0.6 is 0 Å². The molecule has 0 aliphatic heterocycles. The summed E-state index contributed by atoms with van der Waals surface area (Å²) < 4.78 is 0. The second-order valence-electron chi connectivity index (χ2n) is 3.94. The average molecular weight is 171 g/mol. The highest BCUT2D eigenvalue weighted by Crippen LogP contribution is 2.00. The monoisotopic (exact) mass is 171 g/mol. The number of nitrogens with zero attached hydrogens (tertiary/aromatic N) is 1. The number of Topliss-reactive ketones (excluding diaryl/α,β-unsaturated/α-hetero) is 1. The van der Waals surface area contributed by atoms with Crippen LogP contribution in [0, 0.1) is 5.92 Å². The van der Waals surface area contributed by atoms with Gasteiger partial charge >= 0.3 is 0 Å². The number of carbonyl (C=O) groups excluding carboxylic acids is 1. The standard InChI is InChI=1S/C10H21NO/c1-9(2)5-7-11(4)8-6-10(3)12/h9H,5-8H2,1-4H3. The van der Waals surface area contributed by atoms with Crippen LogP contribution in [0.1, 0.15) is 33.6 Å². The molecule has 0 aromatic rings. The Hall–Kier alpha value is -0.370. The average Bonchev–Trinajstić information content (AvgIpc) is 1.96. The minimum Gasteiger partial charge on any atom is -0.306 e. The molecule has 0 fully saturated rings. The Balaban J connectivity index is 3.33. The van der Waals surface area contributed by atoms with Crippen LogP contribution in [0.4, 0.5) is 0 Å². The third kappa shape index (κ3) is 7.73. The first kappa shape index (κ1) is 11.6. The zero-order valence-electron chi connectivity index (χ0n) is 8.76. The van der Waals surface area contributed by atoms with Gasteiger partial charge in [0.15, 0.2) is 0 Å². The molecule has 0 aromatic carbocycles. The first-order valence-corrected chi connectivity index (χ1v) is 4.70. The van der Waals surface area contributed by atoms with Crippen molar-refractivity contribution in [2.45, 2.75) is 33.6 Å². The maximum Gasteiger partial charge on any atom is 0.131 e. The van der Waals surface area contributed by atoms with E-state index in [1.807, 2.05) is 0 Å². The summed E-state index contributed by atoms with van der Waals surface area (Å²) in [5, 5.41) is 0. The lowest BCUT2D eigenvalue weighted by atomic mass is 10.1. The summed E-state index contributed by atoms with van der Waals surface area (Å²) in [4.78, 5) is 12.9. The molecule has 0 unspecified atom stereocenters. The van der Waals surface area contributed by atoms with Crippen molar-refractivity contribution in [2.75, 3.05) is 20.1 Å². The first-order chi connectivity index (χ1) is 5.52. The molecular weight excluding hydrogens is 150 g/mol. The molecule has 0 rings (SSSR count). The third-order valence-corrected chi connectivity index (χ3v) is 1.93. The lowest BCUT2D eigenvalue weighted by Crippen LogP contribution is -2.23. The Labute approximate surface area is 75.9 Å². The summed E-state index contributed by atoms with van der Waals surface area (Å²) in [6.45, 7) is 8.10. The quantitative estimate of drug-likeness (QED) is 0.608. The molecule has 0 spiro atoms.